The highest BCUT2D eigenvalue weighted by Crippen LogP contribution is 2.17. The zero-order valence-electron chi connectivity index (χ0n) is 11.0. The van der Waals surface area contributed by atoms with E-state index in [-0.39, 0.29) is 12.3 Å². The number of hydrogen-bond donors (Lipinski definition) is 2. The van der Waals surface area contributed by atoms with Crippen LogP contribution in [-0.4, -0.2) is 12.5 Å². The van der Waals surface area contributed by atoms with Crippen LogP contribution in [0.25, 0.3) is 0 Å². The van der Waals surface area contributed by atoms with Crippen LogP contribution in [0.1, 0.15) is 5.56 Å². The van der Waals surface area contributed by atoms with E-state index in [0.29, 0.717) is 11.4 Å². The van der Waals surface area contributed by atoms with Crippen molar-refractivity contribution in [2.45, 2.75) is 6.92 Å². The van der Waals surface area contributed by atoms with Gasteiger partial charge in [-0.25, -0.2) is 4.39 Å². The summed E-state index contributed by atoms with van der Waals surface area (Å²) in [7, 11) is 0. The van der Waals surface area contributed by atoms with Gasteiger partial charge in [0.1, 0.15) is 11.6 Å². The second kappa shape index (κ2) is 6.06. The number of carbonyl (C=O) groups is 1. The summed E-state index contributed by atoms with van der Waals surface area (Å²) in [6.45, 7) is 1.76. The molecule has 0 radical (unpaired) electrons. The zero-order valence-corrected chi connectivity index (χ0v) is 11.0. The fourth-order valence-corrected chi connectivity index (χ4v) is 1.61. The molecule has 0 bridgehead atoms. The summed E-state index contributed by atoms with van der Waals surface area (Å²) in [5.41, 5.74) is 7.05. The number of anilines is 2. The lowest BCUT2D eigenvalue weighted by Crippen LogP contribution is -2.20. The Balaban J connectivity index is 1.92. The summed E-state index contributed by atoms with van der Waals surface area (Å²) in [5.74, 6) is -0.406. The number of hydrogen-bond acceptors (Lipinski definition) is 3. The number of aryl methyl sites for hydroxylation is 1. The second-order valence-corrected chi connectivity index (χ2v) is 4.39. The number of nitrogens with one attached hydrogen (secondary N) is 1. The van der Waals surface area contributed by atoms with Gasteiger partial charge in [-0.15, -0.1) is 0 Å². The largest absolute Gasteiger partial charge is 0.484 e. The lowest BCUT2D eigenvalue weighted by molar-refractivity contribution is -0.118. The van der Waals surface area contributed by atoms with Crippen molar-refractivity contribution in [3.8, 4) is 5.75 Å². The molecule has 2 aromatic carbocycles. The van der Waals surface area contributed by atoms with Crippen molar-refractivity contribution >= 4 is 17.3 Å². The van der Waals surface area contributed by atoms with E-state index in [1.54, 1.807) is 12.1 Å². The Morgan fingerprint density at radius 1 is 1.25 bits per heavy atom. The van der Waals surface area contributed by atoms with Gasteiger partial charge in [0.05, 0.1) is 5.69 Å². The maximum Gasteiger partial charge on any atom is 0.262 e. The minimum atomic E-state index is -0.539. The molecule has 5 heteroatoms. The van der Waals surface area contributed by atoms with Crippen LogP contribution in [0.2, 0.25) is 0 Å². The van der Waals surface area contributed by atoms with E-state index in [9.17, 15) is 9.18 Å². The first-order chi connectivity index (χ1) is 9.54. The fraction of sp³-hybridized carbons (Fsp3) is 0.133. The van der Waals surface area contributed by atoms with Crippen molar-refractivity contribution < 1.29 is 13.9 Å². The number of halogens is 1. The van der Waals surface area contributed by atoms with E-state index in [4.69, 9.17) is 10.5 Å². The third-order valence-electron chi connectivity index (χ3n) is 2.66. The van der Waals surface area contributed by atoms with E-state index >= 15 is 0 Å². The summed E-state index contributed by atoms with van der Waals surface area (Å²) in [4.78, 5) is 11.7. The number of carbonyl (C=O) groups excluding carboxylic acids is 1. The summed E-state index contributed by atoms with van der Waals surface area (Å²) in [6, 6.07) is 11.3. The molecule has 0 heterocycles. The number of benzene rings is 2. The molecule has 2 aromatic rings. The Labute approximate surface area is 116 Å². The molecular formula is C15H15FN2O2. The monoisotopic (exact) mass is 274 g/mol. The Kier molecular flexibility index (Phi) is 4.20. The van der Waals surface area contributed by atoms with Gasteiger partial charge in [-0.3, -0.25) is 4.79 Å². The molecular weight excluding hydrogens is 259 g/mol. The third kappa shape index (κ3) is 3.71. The molecule has 0 fully saturated rings. The number of amides is 1. The third-order valence-corrected chi connectivity index (χ3v) is 2.66. The van der Waals surface area contributed by atoms with Crippen molar-refractivity contribution in [1.29, 1.82) is 0 Å². The molecule has 0 aliphatic carbocycles. The summed E-state index contributed by atoms with van der Waals surface area (Å²) in [5, 5.41) is 2.41. The Hall–Kier alpha value is -2.56. The summed E-state index contributed by atoms with van der Waals surface area (Å²) < 4.78 is 18.7. The van der Waals surface area contributed by atoms with Gasteiger partial charge in [0.25, 0.3) is 5.91 Å². The van der Waals surface area contributed by atoms with Crippen LogP contribution in [0.15, 0.2) is 42.5 Å². The summed E-state index contributed by atoms with van der Waals surface area (Å²) >= 11 is 0. The minimum absolute atomic E-state index is 0.0440. The highest BCUT2D eigenvalue weighted by Gasteiger charge is 2.08. The van der Waals surface area contributed by atoms with E-state index in [1.165, 1.54) is 18.2 Å². The van der Waals surface area contributed by atoms with Gasteiger partial charge in [0.15, 0.2) is 6.61 Å². The average molecular weight is 274 g/mol. The number of ether oxygens (including phenoxy) is 1. The number of nitrogens with two attached hydrogens (primary N) is 1. The maximum absolute atomic E-state index is 13.4. The minimum Gasteiger partial charge on any atom is -0.484 e. The molecule has 0 aliphatic rings. The molecule has 2 rings (SSSR count). The molecule has 0 spiro atoms. The molecule has 1 amide bonds. The van der Waals surface area contributed by atoms with Gasteiger partial charge in [0.2, 0.25) is 0 Å². The fourth-order valence-electron chi connectivity index (χ4n) is 1.61. The normalized spacial score (nSPS) is 10.1. The predicted molar refractivity (Wildman–Crippen MR) is 76.1 cm³/mol. The molecule has 4 nitrogen and oxygen atoms in total. The first-order valence-corrected chi connectivity index (χ1v) is 6.09. The first kappa shape index (κ1) is 13.9. The van der Waals surface area contributed by atoms with Gasteiger partial charge in [-0.05, 0) is 37.3 Å². The molecule has 0 aliphatic heterocycles. The van der Waals surface area contributed by atoms with Crippen molar-refractivity contribution in [3.63, 3.8) is 0 Å². The number of rotatable bonds is 4. The van der Waals surface area contributed by atoms with E-state index in [0.717, 1.165) is 5.56 Å². The highest BCUT2D eigenvalue weighted by atomic mass is 19.1. The van der Waals surface area contributed by atoms with Crippen LogP contribution < -0.4 is 15.8 Å². The van der Waals surface area contributed by atoms with Gasteiger partial charge < -0.3 is 15.8 Å². The first-order valence-electron chi connectivity index (χ1n) is 6.09. The zero-order chi connectivity index (χ0) is 14.5. The van der Waals surface area contributed by atoms with E-state index in [1.807, 2.05) is 19.1 Å². The van der Waals surface area contributed by atoms with Crippen molar-refractivity contribution in [2.75, 3.05) is 17.7 Å². The van der Waals surface area contributed by atoms with Gasteiger partial charge in [0, 0.05) is 5.69 Å². The van der Waals surface area contributed by atoms with Crippen LogP contribution in [0.3, 0.4) is 0 Å². The van der Waals surface area contributed by atoms with E-state index in [2.05, 4.69) is 5.32 Å². The second-order valence-electron chi connectivity index (χ2n) is 4.39. The van der Waals surface area contributed by atoms with Crippen LogP contribution in [-0.2, 0) is 4.79 Å². The topological polar surface area (TPSA) is 64.3 Å². The van der Waals surface area contributed by atoms with Crippen LogP contribution in [0.5, 0.6) is 5.75 Å². The average Bonchev–Trinajstić information content (AvgIpc) is 2.42. The van der Waals surface area contributed by atoms with Gasteiger partial charge in [-0.1, -0.05) is 17.7 Å². The Morgan fingerprint density at radius 3 is 2.65 bits per heavy atom. The molecule has 0 saturated carbocycles. The standard InChI is InChI=1S/C15H15FN2O2/c1-10-2-5-12(6-3-10)20-9-15(19)18-14-8-11(17)4-7-13(14)16/h2-8H,9,17H2,1H3,(H,18,19). The smallest absolute Gasteiger partial charge is 0.262 e. The Morgan fingerprint density at radius 2 is 1.95 bits per heavy atom. The van der Waals surface area contributed by atoms with Crippen molar-refractivity contribution in [3.05, 3.63) is 53.8 Å². The van der Waals surface area contributed by atoms with Gasteiger partial charge in [-0.2, -0.15) is 0 Å². The molecule has 0 unspecified atom stereocenters. The van der Waals surface area contributed by atoms with Crippen molar-refractivity contribution in [1.82, 2.24) is 0 Å². The quantitative estimate of drug-likeness (QED) is 0.842. The maximum atomic E-state index is 13.4. The van der Waals surface area contributed by atoms with E-state index < -0.39 is 11.7 Å². The van der Waals surface area contributed by atoms with Crippen molar-refractivity contribution in [2.24, 2.45) is 0 Å². The molecule has 0 atom stereocenters. The number of nitrogen functional groups attached to an aromatic ring is 1. The lowest BCUT2D eigenvalue weighted by Gasteiger charge is -2.09. The molecule has 104 valence electrons. The van der Waals surface area contributed by atoms with Crippen LogP contribution in [0.4, 0.5) is 15.8 Å². The Bertz CT molecular complexity index is 612. The van der Waals surface area contributed by atoms with Gasteiger partial charge >= 0.3 is 0 Å². The highest BCUT2D eigenvalue weighted by molar-refractivity contribution is 5.92. The SMILES string of the molecule is Cc1ccc(OCC(=O)Nc2cc(N)ccc2F)cc1. The molecule has 0 saturated heterocycles. The van der Waals surface area contributed by atoms with Crippen LogP contribution in [0, 0.1) is 12.7 Å². The molecule has 0 aromatic heterocycles. The summed E-state index contributed by atoms with van der Waals surface area (Å²) in [6.07, 6.45) is 0. The van der Waals surface area contributed by atoms with Crippen LogP contribution >= 0.6 is 0 Å². The molecule has 20 heavy (non-hydrogen) atoms. The predicted octanol–water partition coefficient (Wildman–Crippen LogP) is 2.73. The molecule has 3 N–H and O–H groups in total. The lowest BCUT2D eigenvalue weighted by atomic mass is 10.2.